The smallest absolute Gasteiger partial charge is 0.220 e. The molecule has 1 saturated heterocycles. The maximum atomic E-state index is 12.2. The maximum absolute atomic E-state index is 12.2. The number of halogens is 2. The van der Waals surface area contributed by atoms with Gasteiger partial charge < -0.3 is 15.5 Å². The minimum Gasteiger partial charge on any atom is -0.355 e. The second-order valence-corrected chi connectivity index (χ2v) is 7.34. The molecule has 0 spiro atoms. The number of rotatable bonds is 8. The van der Waals surface area contributed by atoms with Crippen LogP contribution in [0.15, 0.2) is 0 Å². The fraction of sp³-hybridized carbons (Fsp3) is 0.941. The number of carbonyl (C=O) groups is 1. The maximum Gasteiger partial charge on any atom is 0.220 e. The van der Waals surface area contributed by atoms with Crippen LogP contribution >= 0.6 is 24.8 Å². The first-order valence-corrected chi connectivity index (χ1v) is 8.54. The quantitative estimate of drug-likeness (QED) is 0.691. The molecule has 0 aromatic rings. The number of piperidine rings is 1. The standard InChI is InChI=1S/C17H35N3O.2ClH/c1-13(2)9-16(20(4)5)12-19-17(21)10-14(3)15-7-6-8-18-11-15;;/h13-16,18H,6-12H2,1-5H3,(H,19,21);2*1H. The molecule has 4 nitrogen and oxygen atoms in total. The summed E-state index contributed by atoms with van der Waals surface area (Å²) < 4.78 is 0. The van der Waals surface area contributed by atoms with E-state index >= 15 is 0 Å². The zero-order chi connectivity index (χ0) is 15.8. The molecule has 1 fully saturated rings. The Labute approximate surface area is 155 Å². The summed E-state index contributed by atoms with van der Waals surface area (Å²) in [5, 5.41) is 6.58. The fourth-order valence-electron chi connectivity index (χ4n) is 3.15. The molecular weight excluding hydrogens is 333 g/mol. The molecule has 23 heavy (non-hydrogen) atoms. The van der Waals surface area contributed by atoms with Crippen LogP contribution in [0.3, 0.4) is 0 Å². The van der Waals surface area contributed by atoms with E-state index in [1.54, 1.807) is 0 Å². The lowest BCUT2D eigenvalue weighted by Gasteiger charge is -2.29. The van der Waals surface area contributed by atoms with Crippen LogP contribution in [0, 0.1) is 17.8 Å². The molecule has 1 amide bonds. The highest BCUT2D eigenvalue weighted by molar-refractivity contribution is 5.85. The van der Waals surface area contributed by atoms with E-state index in [-0.39, 0.29) is 30.7 Å². The third kappa shape index (κ3) is 10.4. The molecule has 2 N–H and O–H groups in total. The van der Waals surface area contributed by atoms with Gasteiger partial charge in [-0.25, -0.2) is 0 Å². The topological polar surface area (TPSA) is 44.4 Å². The zero-order valence-corrected chi connectivity index (χ0v) is 17.1. The van der Waals surface area contributed by atoms with Crippen molar-refractivity contribution in [3.8, 4) is 0 Å². The van der Waals surface area contributed by atoms with Gasteiger partial charge >= 0.3 is 0 Å². The molecule has 1 rings (SSSR count). The second kappa shape index (κ2) is 13.3. The first kappa shape index (κ1) is 25.2. The van der Waals surface area contributed by atoms with Crippen molar-refractivity contribution in [2.75, 3.05) is 33.7 Å². The minimum atomic E-state index is 0. The van der Waals surface area contributed by atoms with Crippen molar-refractivity contribution in [3.05, 3.63) is 0 Å². The van der Waals surface area contributed by atoms with E-state index in [9.17, 15) is 4.79 Å². The predicted molar refractivity (Wildman–Crippen MR) is 104 cm³/mol. The first-order valence-electron chi connectivity index (χ1n) is 8.54. The number of likely N-dealkylation sites (N-methyl/N-ethyl adjacent to an activating group) is 1. The molecule has 140 valence electrons. The average Bonchev–Trinajstić information content (AvgIpc) is 2.43. The van der Waals surface area contributed by atoms with Crippen LogP contribution in [0.1, 0.15) is 46.5 Å². The Morgan fingerprint density at radius 2 is 1.91 bits per heavy atom. The highest BCUT2D eigenvalue weighted by Gasteiger charge is 2.22. The van der Waals surface area contributed by atoms with Crippen molar-refractivity contribution >= 4 is 30.7 Å². The number of amides is 1. The Kier molecular flexibility index (Phi) is 14.6. The summed E-state index contributed by atoms with van der Waals surface area (Å²) in [5.74, 6) is 2.00. The molecule has 1 heterocycles. The van der Waals surface area contributed by atoms with E-state index in [0.29, 0.717) is 30.2 Å². The molecule has 1 aliphatic heterocycles. The van der Waals surface area contributed by atoms with Crippen molar-refractivity contribution < 1.29 is 4.79 Å². The van der Waals surface area contributed by atoms with E-state index < -0.39 is 0 Å². The van der Waals surface area contributed by atoms with Crippen molar-refractivity contribution in [2.45, 2.75) is 52.5 Å². The molecule has 1 aliphatic rings. The molecule has 0 aromatic carbocycles. The summed E-state index contributed by atoms with van der Waals surface area (Å²) in [6.45, 7) is 9.65. The summed E-state index contributed by atoms with van der Waals surface area (Å²) in [6, 6.07) is 0.431. The highest BCUT2D eigenvalue weighted by atomic mass is 35.5. The first-order chi connectivity index (χ1) is 9.90. The van der Waals surface area contributed by atoms with E-state index in [2.05, 4.69) is 50.4 Å². The monoisotopic (exact) mass is 369 g/mol. The summed E-state index contributed by atoms with van der Waals surface area (Å²) in [4.78, 5) is 14.4. The van der Waals surface area contributed by atoms with Gasteiger partial charge in [-0.15, -0.1) is 24.8 Å². The molecule has 0 radical (unpaired) electrons. The minimum absolute atomic E-state index is 0. The van der Waals surface area contributed by atoms with E-state index in [4.69, 9.17) is 0 Å². The van der Waals surface area contributed by atoms with Crippen LogP contribution in [0.4, 0.5) is 0 Å². The van der Waals surface area contributed by atoms with E-state index in [0.717, 1.165) is 26.1 Å². The highest BCUT2D eigenvalue weighted by Crippen LogP contribution is 2.22. The lowest BCUT2D eigenvalue weighted by Crippen LogP contribution is -2.42. The SMILES string of the molecule is CC(C)CC(CNC(=O)CC(C)C1CCCNC1)N(C)C.Cl.Cl. The summed E-state index contributed by atoms with van der Waals surface area (Å²) >= 11 is 0. The average molecular weight is 370 g/mol. The van der Waals surface area contributed by atoms with Gasteiger partial charge in [-0.2, -0.15) is 0 Å². The Balaban J connectivity index is 0. The van der Waals surface area contributed by atoms with Crippen LogP contribution in [0.2, 0.25) is 0 Å². The normalized spacial score (nSPS) is 20.4. The van der Waals surface area contributed by atoms with Gasteiger partial charge in [-0.05, 0) is 64.2 Å². The van der Waals surface area contributed by atoms with E-state index in [1.807, 2.05) is 0 Å². The van der Waals surface area contributed by atoms with Crippen LogP contribution in [0.25, 0.3) is 0 Å². The lowest BCUT2D eigenvalue weighted by molar-refractivity contribution is -0.122. The Bertz CT molecular complexity index is 308. The molecule has 3 unspecified atom stereocenters. The summed E-state index contributed by atoms with van der Waals surface area (Å²) in [6.07, 6.45) is 4.28. The third-order valence-electron chi connectivity index (χ3n) is 4.66. The molecule has 0 bridgehead atoms. The number of carbonyl (C=O) groups excluding carboxylic acids is 1. The van der Waals surface area contributed by atoms with Crippen molar-refractivity contribution in [1.29, 1.82) is 0 Å². The molecule has 0 saturated carbocycles. The van der Waals surface area contributed by atoms with E-state index in [1.165, 1.54) is 12.8 Å². The zero-order valence-electron chi connectivity index (χ0n) is 15.4. The van der Waals surface area contributed by atoms with Crippen LogP contribution < -0.4 is 10.6 Å². The van der Waals surface area contributed by atoms with Gasteiger partial charge in [0.2, 0.25) is 5.91 Å². The summed E-state index contributed by atoms with van der Waals surface area (Å²) in [5.41, 5.74) is 0. The Morgan fingerprint density at radius 1 is 1.26 bits per heavy atom. The molecule has 6 heteroatoms. The van der Waals surface area contributed by atoms with Gasteiger partial charge in [-0.1, -0.05) is 20.8 Å². The summed E-state index contributed by atoms with van der Waals surface area (Å²) in [7, 11) is 4.19. The predicted octanol–water partition coefficient (Wildman–Crippen LogP) is 2.95. The molecule has 0 aliphatic carbocycles. The number of nitrogens with zero attached hydrogens (tertiary/aromatic N) is 1. The van der Waals surface area contributed by atoms with Gasteiger partial charge in [-0.3, -0.25) is 4.79 Å². The number of hydrogen-bond donors (Lipinski definition) is 2. The number of hydrogen-bond acceptors (Lipinski definition) is 3. The van der Waals surface area contributed by atoms with Gasteiger partial charge in [0, 0.05) is 19.0 Å². The second-order valence-electron chi connectivity index (χ2n) is 7.34. The Hall–Kier alpha value is -0.0300. The van der Waals surface area contributed by atoms with Crippen LogP contribution in [-0.4, -0.2) is 50.6 Å². The molecule has 0 aromatic heterocycles. The van der Waals surface area contributed by atoms with Crippen LogP contribution in [-0.2, 0) is 4.79 Å². The Morgan fingerprint density at radius 3 is 2.39 bits per heavy atom. The van der Waals surface area contributed by atoms with Crippen molar-refractivity contribution in [1.82, 2.24) is 15.5 Å². The lowest BCUT2D eigenvalue weighted by atomic mass is 9.85. The van der Waals surface area contributed by atoms with Gasteiger partial charge in [0.05, 0.1) is 0 Å². The van der Waals surface area contributed by atoms with Gasteiger partial charge in [0.1, 0.15) is 0 Å². The fourth-order valence-corrected chi connectivity index (χ4v) is 3.15. The number of nitrogens with one attached hydrogen (secondary N) is 2. The third-order valence-corrected chi connectivity index (χ3v) is 4.66. The van der Waals surface area contributed by atoms with Gasteiger partial charge in [0.25, 0.3) is 0 Å². The largest absolute Gasteiger partial charge is 0.355 e. The van der Waals surface area contributed by atoms with Gasteiger partial charge in [0.15, 0.2) is 0 Å². The molecule has 3 atom stereocenters. The molecular formula is C17H37Cl2N3O. The van der Waals surface area contributed by atoms with Crippen molar-refractivity contribution in [3.63, 3.8) is 0 Å². The van der Waals surface area contributed by atoms with Crippen molar-refractivity contribution in [2.24, 2.45) is 17.8 Å². The van der Waals surface area contributed by atoms with Crippen LogP contribution in [0.5, 0.6) is 0 Å².